The zero-order chi connectivity index (χ0) is 11.1. The Bertz CT molecular complexity index is 360. The Morgan fingerprint density at radius 3 is 2.73 bits per heavy atom. The molecule has 0 heterocycles. The van der Waals surface area contributed by atoms with Crippen LogP contribution in [0.25, 0.3) is 0 Å². The molecule has 0 fully saturated rings. The molecule has 0 heteroatoms. The van der Waals surface area contributed by atoms with Gasteiger partial charge in [0.1, 0.15) is 0 Å². The maximum atomic E-state index is 2.44. The second kappa shape index (κ2) is 3.66. The van der Waals surface area contributed by atoms with Gasteiger partial charge in [-0.05, 0) is 47.3 Å². The lowest BCUT2D eigenvalue weighted by Gasteiger charge is -2.36. The minimum atomic E-state index is 0.382. The fraction of sp³-hybridized carbons (Fsp3) is 0.600. The van der Waals surface area contributed by atoms with E-state index in [1.807, 2.05) is 0 Å². The predicted octanol–water partition coefficient (Wildman–Crippen LogP) is 4.42. The van der Waals surface area contributed by atoms with Crippen molar-refractivity contribution >= 4 is 0 Å². The van der Waals surface area contributed by atoms with E-state index in [0.717, 1.165) is 12.3 Å². The van der Waals surface area contributed by atoms with Crippen molar-refractivity contribution in [3.63, 3.8) is 0 Å². The van der Waals surface area contributed by atoms with Gasteiger partial charge in [-0.3, -0.25) is 0 Å². The molecule has 0 saturated carbocycles. The van der Waals surface area contributed by atoms with E-state index in [1.54, 1.807) is 11.1 Å². The van der Waals surface area contributed by atoms with Gasteiger partial charge in [0, 0.05) is 0 Å². The van der Waals surface area contributed by atoms with Crippen LogP contribution >= 0.6 is 0 Å². The van der Waals surface area contributed by atoms with Crippen molar-refractivity contribution in [3.05, 3.63) is 34.9 Å². The van der Waals surface area contributed by atoms with Crippen molar-refractivity contribution in [2.45, 2.75) is 58.3 Å². The maximum absolute atomic E-state index is 2.44. The van der Waals surface area contributed by atoms with Gasteiger partial charge in [-0.25, -0.2) is 0 Å². The molecule has 15 heavy (non-hydrogen) atoms. The molecule has 1 unspecified atom stereocenters. The number of benzene rings is 1. The van der Waals surface area contributed by atoms with Crippen molar-refractivity contribution in [2.24, 2.45) is 0 Å². The Hall–Kier alpha value is -0.780. The monoisotopic (exact) mass is 202 g/mol. The Balaban J connectivity index is 2.53. The van der Waals surface area contributed by atoms with Crippen LogP contribution in [0, 0.1) is 0 Å². The third kappa shape index (κ3) is 1.82. The van der Waals surface area contributed by atoms with E-state index < -0.39 is 0 Å². The molecular formula is C15H22. The van der Waals surface area contributed by atoms with E-state index in [9.17, 15) is 0 Å². The highest BCUT2D eigenvalue weighted by atomic mass is 14.3. The van der Waals surface area contributed by atoms with Gasteiger partial charge in [0.2, 0.25) is 0 Å². The van der Waals surface area contributed by atoms with Crippen molar-refractivity contribution in [1.29, 1.82) is 0 Å². The number of rotatable bonds is 1. The van der Waals surface area contributed by atoms with Gasteiger partial charge < -0.3 is 0 Å². The molecule has 1 aromatic rings. The molecule has 1 aliphatic rings. The molecule has 0 radical (unpaired) electrons. The first-order chi connectivity index (χ1) is 7.04. The molecule has 82 valence electrons. The third-order valence-electron chi connectivity index (χ3n) is 3.99. The zero-order valence-electron chi connectivity index (χ0n) is 10.4. The Morgan fingerprint density at radius 1 is 1.33 bits per heavy atom. The lowest BCUT2D eigenvalue weighted by atomic mass is 9.69. The van der Waals surface area contributed by atoms with Crippen LogP contribution in [0.15, 0.2) is 18.2 Å². The van der Waals surface area contributed by atoms with Crippen LogP contribution in [-0.4, -0.2) is 0 Å². The summed E-state index contributed by atoms with van der Waals surface area (Å²) in [5.74, 6) is 0.749. The van der Waals surface area contributed by atoms with E-state index in [0.29, 0.717) is 5.41 Å². The molecule has 1 atom stereocenters. The van der Waals surface area contributed by atoms with Crippen LogP contribution in [0.3, 0.4) is 0 Å². The summed E-state index contributed by atoms with van der Waals surface area (Å²) in [6, 6.07) is 7.10. The van der Waals surface area contributed by atoms with Crippen molar-refractivity contribution in [1.82, 2.24) is 0 Å². The number of hydrogen-bond donors (Lipinski definition) is 0. The van der Waals surface area contributed by atoms with Crippen molar-refractivity contribution in [2.75, 3.05) is 0 Å². The summed E-state index contributed by atoms with van der Waals surface area (Å²) in [4.78, 5) is 0. The zero-order valence-corrected chi connectivity index (χ0v) is 10.4. The first-order valence-electron chi connectivity index (χ1n) is 6.18. The Labute approximate surface area is 93.7 Å². The fourth-order valence-electron chi connectivity index (χ4n) is 2.71. The van der Waals surface area contributed by atoms with Crippen LogP contribution in [0.1, 0.15) is 63.1 Å². The van der Waals surface area contributed by atoms with Gasteiger partial charge >= 0.3 is 0 Å². The lowest BCUT2D eigenvalue weighted by Crippen LogP contribution is -2.25. The summed E-state index contributed by atoms with van der Waals surface area (Å²) in [7, 11) is 0. The summed E-state index contributed by atoms with van der Waals surface area (Å²) >= 11 is 0. The maximum Gasteiger partial charge on any atom is -0.0100 e. The van der Waals surface area contributed by atoms with Gasteiger partial charge in [-0.15, -0.1) is 0 Å². The molecule has 0 saturated heterocycles. The summed E-state index contributed by atoms with van der Waals surface area (Å²) in [5, 5.41) is 0. The minimum absolute atomic E-state index is 0.382. The molecular weight excluding hydrogens is 180 g/mol. The summed E-state index contributed by atoms with van der Waals surface area (Å²) < 4.78 is 0. The quantitative estimate of drug-likeness (QED) is 0.632. The average Bonchev–Trinajstić information content (AvgIpc) is 2.24. The van der Waals surface area contributed by atoms with E-state index in [4.69, 9.17) is 0 Å². The third-order valence-corrected chi connectivity index (χ3v) is 3.99. The molecule has 0 spiro atoms. The molecule has 0 N–H and O–H groups in total. The molecule has 0 amide bonds. The SMILES string of the molecule is CCc1ccc2c(c1)C(C)(C)CCC2C. The van der Waals surface area contributed by atoms with E-state index >= 15 is 0 Å². The van der Waals surface area contributed by atoms with Gasteiger partial charge in [-0.1, -0.05) is 45.9 Å². The molecule has 0 nitrogen and oxygen atoms in total. The second-order valence-electron chi connectivity index (χ2n) is 5.60. The minimum Gasteiger partial charge on any atom is -0.0613 e. The summed E-state index contributed by atoms with van der Waals surface area (Å²) in [6.07, 6.45) is 3.82. The largest absolute Gasteiger partial charge is 0.0613 e. The molecule has 2 rings (SSSR count). The van der Waals surface area contributed by atoms with Crippen molar-refractivity contribution in [3.8, 4) is 0 Å². The van der Waals surface area contributed by atoms with Crippen LogP contribution in [-0.2, 0) is 11.8 Å². The van der Waals surface area contributed by atoms with Crippen molar-refractivity contribution < 1.29 is 0 Å². The summed E-state index contributed by atoms with van der Waals surface area (Å²) in [6.45, 7) is 9.37. The fourth-order valence-corrected chi connectivity index (χ4v) is 2.71. The van der Waals surface area contributed by atoms with E-state index in [2.05, 4.69) is 45.9 Å². The number of fused-ring (bicyclic) bond motifs is 1. The normalized spacial score (nSPS) is 23.6. The molecule has 1 aliphatic carbocycles. The Kier molecular flexibility index (Phi) is 2.62. The van der Waals surface area contributed by atoms with Gasteiger partial charge in [0.25, 0.3) is 0 Å². The molecule has 0 aromatic heterocycles. The van der Waals surface area contributed by atoms with Gasteiger partial charge in [0.05, 0.1) is 0 Å². The summed E-state index contributed by atoms with van der Waals surface area (Å²) in [5.41, 5.74) is 5.05. The number of hydrogen-bond acceptors (Lipinski definition) is 0. The standard InChI is InChI=1S/C15H22/c1-5-12-6-7-13-11(2)8-9-15(3,4)14(13)10-12/h6-7,10-11H,5,8-9H2,1-4H3. The highest BCUT2D eigenvalue weighted by Gasteiger charge is 2.30. The first kappa shape index (κ1) is 10.7. The van der Waals surface area contributed by atoms with Gasteiger partial charge in [-0.2, -0.15) is 0 Å². The van der Waals surface area contributed by atoms with Crippen LogP contribution in [0.5, 0.6) is 0 Å². The molecule has 0 aliphatic heterocycles. The Morgan fingerprint density at radius 2 is 2.07 bits per heavy atom. The second-order valence-corrected chi connectivity index (χ2v) is 5.60. The lowest BCUT2D eigenvalue weighted by molar-refractivity contribution is 0.402. The van der Waals surface area contributed by atoms with E-state index in [1.165, 1.54) is 18.4 Å². The average molecular weight is 202 g/mol. The smallest absolute Gasteiger partial charge is 0.0100 e. The molecule has 1 aromatic carbocycles. The van der Waals surface area contributed by atoms with Crippen LogP contribution in [0.2, 0.25) is 0 Å². The predicted molar refractivity (Wildman–Crippen MR) is 66.5 cm³/mol. The highest BCUT2D eigenvalue weighted by molar-refractivity contribution is 5.41. The van der Waals surface area contributed by atoms with Crippen LogP contribution < -0.4 is 0 Å². The van der Waals surface area contributed by atoms with Crippen LogP contribution in [0.4, 0.5) is 0 Å². The highest BCUT2D eigenvalue weighted by Crippen LogP contribution is 2.42. The topological polar surface area (TPSA) is 0 Å². The van der Waals surface area contributed by atoms with Gasteiger partial charge in [0.15, 0.2) is 0 Å². The number of aryl methyl sites for hydroxylation is 1. The molecule has 0 bridgehead atoms. The van der Waals surface area contributed by atoms with E-state index in [-0.39, 0.29) is 0 Å². The first-order valence-corrected chi connectivity index (χ1v) is 6.18.